The topological polar surface area (TPSA) is 67.2 Å². The third-order valence-electron chi connectivity index (χ3n) is 3.92. The van der Waals surface area contributed by atoms with E-state index in [0.29, 0.717) is 12.3 Å². The highest BCUT2D eigenvalue weighted by molar-refractivity contribution is 6.33. The van der Waals surface area contributed by atoms with Crippen molar-refractivity contribution in [3.05, 3.63) is 40.4 Å². The zero-order valence-corrected chi connectivity index (χ0v) is 13.4. The van der Waals surface area contributed by atoms with Crippen LogP contribution in [-0.4, -0.2) is 30.2 Å². The van der Waals surface area contributed by atoms with Crippen molar-refractivity contribution in [3.63, 3.8) is 0 Å². The van der Waals surface area contributed by atoms with Gasteiger partial charge in [-0.15, -0.1) is 0 Å². The van der Waals surface area contributed by atoms with Crippen LogP contribution in [0.1, 0.15) is 29.0 Å². The third kappa shape index (κ3) is 3.23. The van der Waals surface area contributed by atoms with Crippen molar-refractivity contribution in [2.75, 3.05) is 13.1 Å². The highest BCUT2D eigenvalue weighted by Gasteiger charge is 2.27. The Kier molecular flexibility index (Phi) is 4.63. The van der Waals surface area contributed by atoms with Gasteiger partial charge in [0.25, 0.3) is 5.91 Å². The van der Waals surface area contributed by atoms with Crippen LogP contribution in [0.3, 0.4) is 0 Å². The molecule has 2 aromatic rings. The van der Waals surface area contributed by atoms with Gasteiger partial charge in [-0.1, -0.05) is 22.8 Å². The van der Waals surface area contributed by atoms with Crippen LogP contribution in [0, 0.1) is 12.7 Å². The fourth-order valence-corrected chi connectivity index (χ4v) is 3.02. The molecular weight excluding hydrogens is 321 g/mol. The molecule has 0 aliphatic carbocycles. The van der Waals surface area contributed by atoms with E-state index in [1.54, 1.807) is 13.0 Å². The van der Waals surface area contributed by atoms with Gasteiger partial charge in [-0.05, 0) is 38.4 Å². The largest absolute Gasteiger partial charge is 0.360 e. The van der Waals surface area contributed by atoms with Gasteiger partial charge in [0.15, 0.2) is 0 Å². The summed E-state index contributed by atoms with van der Waals surface area (Å²) >= 11 is 6.08. The number of hydrogen-bond donors (Lipinski definition) is 2. The molecule has 122 valence electrons. The summed E-state index contributed by atoms with van der Waals surface area (Å²) in [6, 6.07) is 4.37. The van der Waals surface area contributed by atoms with Crippen molar-refractivity contribution in [2.24, 2.45) is 0 Å². The second-order valence-electron chi connectivity index (χ2n) is 5.58. The van der Waals surface area contributed by atoms with E-state index in [2.05, 4.69) is 15.8 Å². The first-order chi connectivity index (χ1) is 11.1. The Balaban J connectivity index is 1.94. The van der Waals surface area contributed by atoms with Gasteiger partial charge in [0.2, 0.25) is 0 Å². The molecule has 5 nitrogen and oxygen atoms in total. The van der Waals surface area contributed by atoms with Gasteiger partial charge in [0, 0.05) is 12.6 Å². The van der Waals surface area contributed by atoms with Crippen LogP contribution in [0.15, 0.2) is 22.7 Å². The van der Waals surface area contributed by atoms with Crippen molar-refractivity contribution in [2.45, 2.75) is 25.8 Å². The fourth-order valence-electron chi connectivity index (χ4n) is 2.77. The molecule has 1 saturated heterocycles. The molecule has 0 saturated carbocycles. The number of nitrogens with one attached hydrogen (secondary N) is 2. The number of carbonyl (C=O) groups is 1. The lowest BCUT2D eigenvalue weighted by atomic mass is 10.0. The minimum absolute atomic E-state index is 0.0366. The maximum absolute atomic E-state index is 14.1. The van der Waals surface area contributed by atoms with E-state index in [4.69, 9.17) is 16.1 Å². The predicted molar refractivity (Wildman–Crippen MR) is 85.0 cm³/mol. The summed E-state index contributed by atoms with van der Waals surface area (Å²) < 4.78 is 19.3. The molecule has 2 heterocycles. The number of piperidine rings is 1. The smallest absolute Gasteiger partial charge is 0.257 e. The summed E-state index contributed by atoms with van der Waals surface area (Å²) in [5.74, 6) is -0.536. The van der Waals surface area contributed by atoms with Gasteiger partial charge < -0.3 is 15.2 Å². The van der Waals surface area contributed by atoms with Crippen LogP contribution in [0.5, 0.6) is 0 Å². The minimum Gasteiger partial charge on any atom is -0.360 e. The molecule has 1 aromatic heterocycles. The summed E-state index contributed by atoms with van der Waals surface area (Å²) in [4.78, 5) is 12.6. The number of nitrogens with zero attached hydrogens (tertiary/aromatic N) is 1. The van der Waals surface area contributed by atoms with E-state index in [9.17, 15) is 9.18 Å². The number of halogens is 2. The molecule has 3 rings (SSSR count). The second-order valence-corrected chi connectivity index (χ2v) is 5.98. The van der Waals surface area contributed by atoms with Crippen LogP contribution in [0.2, 0.25) is 5.02 Å². The fraction of sp³-hybridized carbons (Fsp3) is 0.375. The van der Waals surface area contributed by atoms with Crippen LogP contribution >= 0.6 is 11.6 Å². The van der Waals surface area contributed by atoms with E-state index in [0.717, 1.165) is 19.4 Å². The molecule has 7 heteroatoms. The second kappa shape index (κ2) is 6.68. The number of carbonyl (C=O) groups excluding carboxylic acids is 1. The summed E-state index contributed by atoms with van der Waals surface area (Å²) in [5.41, 5.74) is 0.437. The van der Waals surface area contributed by atoms with Crippen molar-refractivity contribution >= 4 is 17.5 Å². The molecule has 0 bridgehead atoms. The SMILES string of the molecule is Cc1onc(-c2c(F)cccc2Cl)c1C(=O)NC1CCCNC1. The van der Waals surface area contributed by atoms with Gasteiger partial charge in [-0.3, -0.25) is 4.79 Å². The maximum Gasteiger partial charge on any atom is 0.257 e. The number of rotatable bonds is 3. The van der Waals surface area contributed by atoms with Gasteiger partial charge >= 0.3 is 0 Å². The zero-order valence-electron chi connectivity index (χ0n) is 12.7. The van der Waals surface area contributed by atoms with Crippen molar-refractivity contribution in [1.82, 2.24) is 15.8 Å². The maximum atomic E-state index is 14.1. The quantitative estimate of drug-likeness (QED) is 0.903. The van der Waals surface area contributed by atoms with E-state index in [-0.39, 0.29) is 33.8 Å². The molecule has 1 atom stereocenters. The molecule has 1 aliphatic heterocycles. The van der Waals surface area contributed by atoms with E-state index < -0.39 is 5.82 Å². The molecule has 23 heavy (non-hydrogen) atoms. The monoisotopic (exact) mass is 337 g/mol. The average molecular weight is 338 g/mol. The highest BCUT2D eigenvalue weighted by Crippen LogP contribution is 2.33. The van der Waals surface area contributed by atoms with Crippen LogP contribution in [0.4, 0.5) is 4.39 Å². The molecule has 0 radical (unpaired) electrons. The standard InChI is InChI=1S/C16H17ClFN3O2/c1-9-13(16(22)20-10-4-3-7-19-8-10)15(21-23-9)14-11(17)5-2-6-12(14)18/h2,5-6,10,19H,3-4,7-8H2,1H3,(H,20,22). The number of amides is 1. The molecule has 1 fully saturated rings. The van der Waals surface area contributed by atoms with Crippen molar-refractivity contribution in [3.8, 4) is 11.3 Å². The molecular formula is C16H17ClFN3O2. The minimum atomic E-state index is -0.542. The predicted octanol–water partition coefficient (Wildman–Crippen LogP) is 2.92. The number of benzene rings is 1. The zero-order chi connectivity index (χ0) is 16.4. The molecule has 2 N–H and O–H groups in total. The Hall–Kier alpha value is -1.92. The summed E-state index contributed by atoms with van der Waals surface area (Å²) in [5, 5.41) is 10.2. The van der Waals surface area contributed by atoms with Crippen LogP contribution in [-0.2, 0) is 0 Å². The van der Waals surface area contributed by atoms with Gasteiger partial charge in [-0.25, -0.2) is 4.39 Å². The normalized spacial score (nSPS) is 18.0. The lowest BCUT2D eigenvalue weighted by Crippen LogP contribution is -2.45. The first-order valence-corrected chi connectivity index (χ1v) is 7.88. The van der Waals surface area contributed by atoms with Crippen LogP contribution in [0.25, 0.3) is 11.3 Å². The van der Waals surface area contributed by atoms with Gasteiger partial charge in [-0.2, -0.15) is 0 Å². The molecule has 1 aromatic carbocycles. The first kappa shape index (κ1) is 16.0. The number of aromatic nitrogens is 1. The third-order valence-corrected chi connectivity index (χ3v) is 4.24. The van der Waals surface area contributed by atoms with Crippen LogP contribution < -0.4 is 10.6 Å². The highest BCUT2D eigenvalue weighted by atomic mass is 35.5. The Bertz CT molecular complexity index is 706. The van der Waals surface area contributed by atoms with Gasteiger partial charge in [0.05, 0.1) is 10.6 Å². The van der Waals surface area contributed by atoms with Gasteiger partial charge in [0.1, 0.15) is 22.8 Å². The first-order valence-electron chi connectivity index (χ1n) is 7.50. The molecule has 0 spiro atoms. The lowest BCUT2D eigenvalue weighted by Gasteiger charge is -2.23. The molecule has 1 unspecified atom stereocenters. The van der Waals surface area contributed by atoms with Crippen molar-refractivity contribution < 1.29 is 13.7 Å². The lowest BCUT2D eigenvalue weighted by molar-refractivity contribution is 0.0929. The Morgan fingerprint density at radius 3 is 3.04 bits per heavy atom. The Morgan fingerprint density at radius 2 is 2.35 bits per heavy atom. The summed E-state index contributed by atoms with van der Waals surface area (Å²) in [6.45, 7) is 3.29. The summed E-state index contributed by atoms with van der Waals surface area (Å²) in [7, 11) is 0. The van der Waals surface area contributed by atoms with E-state index >= 15 is 0 Å². The Labute approximate surface area is 138 Å². The molecule has 1 aliphatic rings. The number of aryl methyl sites for hydroxylation is 1. The number of hydrogen-bond acceptors (Lipinski definition) is 4. The summed E-state index contributed by atoms with van der Waals surface area (Å²) in [6.07, 6.45) is 1.90. The molecule has 1 amide bonds. The van der Waals surface area contributed by atoms with E-state index in [1.807, 2.05) is 0 Å². The average Bonchev–Trinajstić information content (AvgIpc) is 2.90. The van der Waals surface area contributed by atoms with E-state index in [1.165, 1.54) is 12.1 Å². The Morgan fingerprint density at radius 1 is 1.52 bits per heavy atom. The van der Waals surface area contributed by atoms with Crippen molar-refractivity contribution in [1.29, 1.82) is 0 Å².